The van der Waals surface area contributed by atoms with Gasteiger partial charge in [0.1, 0.15) is 16.6 Å². The van der Waals surface area contributed by atoms with Crippen LogP contribution in [0.15, 0.2) is 35.4 Å². The smallest absolute Gasteiger partial charge is 0.338 e. The maximum atomic E-state index is 11.8. The van der Waals surface area contributed by atoms with Crippen molar-refractivity contribution >= 4 is 28.7 Å². The first-order valence-electron chi connectivity index (χ1n) is 8.44. The molecule has 7 heteroatoms. The second-order valence-corrected chi connectivity index (χ2v) is 7.01. The Labute approximate surface area is 156 Å². The number of nitrogens with one attached hydrogen (secondary N) is 1. The monoisotopic (exact) mass is 371 g/mol. The molecule has 1 aliphatic heterocycles. The Morgan fingerprint density at radius 1 is 1.38 bits per heavy atom. The fourth-order valence-electron chi connectivity index (χ4n) is 2.71. The molecule has 0 fully saturated rings. The van der Waals surface area contributed by atoms with Gasteiger partial charge in [-0.1, -0.05) is 19.1 Å². The number of aryl methyl sites for hydroxylation is 1. The van der Waals surface area contributed by atoms with E-state index in [2.05, 4.69) is 4.98 Å². The summed E-state index contributed by atoms with van der Waals surface area (Å²) < 4.78 is 5.12. The van der Waals surface area contributed by atoms with Crippen LogP contribution >= 0.6 is 11.3 Å². The van der Waals surface area contributed by atoms with E-state index in [0.29, 0.717) is 29.3 Å². The predicted octanol–water partition coefficient (Wildman–Crippen LogP) is 3.78. The van der Waals surface area contributed by atoms with Gasteiger partial charge in [-0.05, 0) is 31.0 Å². The molecule has 3 rings (SSSR count). The van der Waals surface area contributed by atoms with Crippen molar-refractivity contribution in [1.29, 1.82) is 5.41 Å². The predicted molar refractivity (Wildman–Crippen MR) is 102 cm³/mol. The van der Waals surface area contributed by atoms with Gasteiger partial charge in [-0.15, -0.1) is 11.3 Å². The van der Waals surface area contributed by atoms with Crippen molar-refractivity contribution in [3.8, 4) is 0 Å². The van der Waals surface area contributed by atoms with E-state index in [1.165, 1.54) is 11.3 Å². The summed E-state index contributed by atoms with van der Waals surface area (Å²) in [6.07, 6.45) is 0.790. The lowest BCUT2D eigenvalue weighted by atomic mass is 10.1. The van der Waals surface area contributed by atoms with Crippen LogP contribution in [-0.4, -0.2) is 39.9 Å². The average Bonchev–Trinajstić information content (AvgIpc) is 3.16. The van der Waals surface area contributed by atoms with E-state index in [1.807, 2.05) is 31.4 Å². The molecule has 1 aliphatic rings. The van der Waals surface area contributed by atoms with Crippen LogP contribution in [0.3, 0.4) is 0 Å². The minimum Gasteiger partial charge on any atom is -0.510 e. The number of hydrogen-bond acceptors (Lipinski definition) is 6. The lowest BCUT2D eigenvalue weighted by Gasteiger charge is -2.18. The van der Waals surface area contributed by atoms with Crippen LogP contribution in [0.4, 0.5) is 0 Å². The molecular formula is C19H21N3O3S. The van der Waals surface area contributed by atoms with Gasteiger partial charge in [0.2, 0.25) is 0 Å². The Hall–Kier alpha value is -2.67. The molecule has 0 unspecified atom stereocenters. The van der Waals surface area contributed by atoms with E-state index >= 15 is 0 Å². The van der Waals surface area contributed by atoms with Crippen LogP contribution in [0.25, 0.3) is 5.57 Å². The maximum absolute atomic E-state index is 11.8. The number of nitrogens with zero attached hydrogens (tertiary/aromatic N) is 2. The molecule has 0 saturated carbocycles. The Bertz CT molecular complexity index is 855. The average molecular weight is 371 g/mol. The van der Waals surface area contributed by atoms with Crippen molar-refractivity contribution in [2.24, 2.45) is 0 Å². The standard InChI is InChI=1S/C19H21N3O3S/c1-3-8-25-19(24)14-6-4-13(5-7-14)9-22-10-15(23)16(17(22)20)18-21-12(2)11-26-18/h4-7,11,20,23H,3,8-10H2,1-2H3. The Kier molecular flexibility index (Phi) is 5.37. The van der Waals surface area contributed by atoms with Gasteiger partial charge in [0.05, 0.1) is 24.3 Å². The Morgan fingerprint density at radius 3 is 2.73 bits per heavy atom. The van der Waals surface area contributed by atoms with E-state index in [0.717, 1.165) is 17.7 Å². The third-order valence-corrected chi connectivity index (χ3v) is 4.99. The molecular weight excluding hydrogens is 350 g/mol. The van der Waals surface area contributed by atoms with Crippen LogP contribution in [0.5, 0.6) is 0 Å². The van der Waals surface area contributed by atoms with Crippen molar-refractivity contribution in [1.82, 2.24) is 9.88 Å². The SMILES string of the molecule is CCCOC(=O)c1ccc(CN2CC(O)=C(c3nc(C)cs3)C2=N)cc1. The summed E-state index contributed by atoms with van der Waals surface area (Å²) in [7, 11) is 0. The first-order chi connectivity index (χ1) is 12.5. The van der Waals surface area contributed by atoms with Gasteiger partial charge >= 0.3 is 5.97 Å². The van der Waals surface area contributed by atoms with Crippen LogP contribution in [0.2, 0.25) is 0 Å². The maximum Gasteiger partial charge on any atom is 0.338 e. The molecule has 2 aromatic rings. The van der Waals surface area contributed by atoms with E-state index in [9.17, 15) is 9.90 Å². The summed E-state index contributed by atoms with van der Waals surface area (Å²) in [5.74, 6) is 0.112. The largest absolute Gasteiger partial charge is 0.510 e. The highest BCUT2D eigenvalue weighted by Crippen LogP contribution is 2.30. The number of aromatic nitrogens is 1. The van der Waals surface area contributed by atoms with Gasteiger partial charge in [0.15, 0.2) is 0 Å². The summed E-state index contributed by atoms with van der Waals surface area (Å²) in [5, 5.41) is 21.2. The molecule has 6 nitrogen and oxygen atoms in total. The molecule has 136 valence electrons. The van der Waals surface area contributed by atoms with Crippen LogP contribution in [-0.2, 0) is 11.3 Å². The summed E-state index contributed by atoms with van der Waals surface area (Å²) >= 11 is 1.43. The molecule has 0 bridgehead atoms. The van der Waals surface area contributed by atoms with Crippen molar-refractivity contribution in [3.63, 3.8) is 0 Å². The van der Waals surface area contributed by atoms with Crippen molar-refractivity contribution in [2.45, 2.75) is 26.8 Å². The quantitative estimate of drug-likeness (QED) is 0.755. The van der Waals surface area contributed by atoms with Gasteiger partial charge in [-0.3, -0.25) is 5.41 Å². The van der Waals surface area contributed by atoms with E-state index < -0.39 is 0 Å². The van der Waals surface area contributed by atoms with Gasteiger partial charge in [0, 0.05) is 17.6 Å². The molecule has 1 aromatic heterocycles. The molecule has 26 heavy (non-hydrogen) atoms. The molecule has 2 heterocycles. The summed E-state index contributed by atoms with van der Waals surface area (Å²) in [6.45, 7) is 5.01. The zero-order chi connectivity index (χ0) is 18.7. The highest BCUT2D eigenvalue weighted by molar-refractivity contribution is 7.11. The number of amidine groups is 1. The molecule has 0 amide bonds. The molecule has 0 aliphatic carbocycles. The lowest BCUT2D eigenvalue weighted by molar-refractivity contribution is 0.0505. The zero-order valence-electron chi connectivity index (χ0n) is 14.8. The lowest BCUT2D eigenvalue weighted by Crippen LogP contribution is -2.26. The second-order valence-electron chi connectivity index (χ2n) is 6.15. The van der Waals surface area contributed by atoms with E-state index in [4.69, 9.17) is 10.1 Å². The van der Waals surface area contributed by atoms with Crippen LogP contribution in [0, 0.1) is 12.3 Å². The first kappa shape index (κ1) is 18.1. The van der Waals surface area contributed by atoms with Gasteiger partial charge in [0.25, 0.3) is 0 Å². The van der Waals surface area contributed by atoms with E-state index in [-0.39, 0.29) is 24.1 Å². The Morgan fingerprint density at radius 2 is 2.12 bits per heavy atom. The van der Waals surface area contributed by atoms with Crippen LogP contribution in [0.1, 0.15) is 40.0 Å². The Balaban J connectivity index is 1.67. The number of thiazole rings is 1. The molecule has 0 spiro atoms. The number of hydrogen-bond donors (Lipinski definition) is 2. The topological polar surface area (TPSA) is 86.5 Å². The zero-order valence-corrected chi connectivity index (χ0v) is 15.6. The summed E-state index contributed by atoms with van der Waals surface area (Å²) in [5.41, 5.74) is 2.84. The normalized spacial score (nSPS) is 14.2. The minimum atomic E-state index is -0.326. The van der Waals surface area contributed by atoms with Gasteiger partial charge in [-0.2, -0.15) is 0 Å². The fourth-order valence-corrected chi connectivity index (χ4v) is 3.57. The van der Waals surface area contributed by atoms with E-state index in [1.54, 1.807) is 17.0 Å². The number of aliphatic hydroxyl groups is 1. The van der Waals surface area contributed by atoms with Crippen molar-refractivity contribution < 1.29 is 14.6 Å². The third-order valence-electron chi connectivity index (χ3n) is 4.02. The highest BCUT2D eigenvalue weighted by atomic mass is 32.1. The molecule has 0 radical (unpaired) electrons. The number of benzene rings is 1. The van der Waals surface area contributed by atoms with Crippen LogP contribution < -0.4 is 0 Å². The minimum absolute atomic E-state index is 0.170. The van der Waals surface area contributed by atoms with Gasteiger partial charge < -0.3 is 14.7 Å². The summed E-state index contributed by atoms with van der Waals surface area (Å²) in [6, 6.07) is 7.15. The molecule has 1 aromatic carbocycles. The summed E-state index contributed by atoms with van der Waals surface area (Å²) in [4.78, 5) is 18.0. The number of carbonyl (C=O) groups excluding carboxylic acids is 1. The highest BCUT2D eigenvalue weighted by Gasteiger charge is 2.30. The second kappa shape index (κ2) is 7.70. The molecule has 2 N–H and O–H groups in total. The number of ether oxygens (including phenoxy) is 1. The van der Waals surface area contributed by atoms with Crippen molar-refractivity contribution in [3.05, 3.63) is 57.2 Å². The first-order valence-corrected chi connectivity index (χ1v) is 9.32. The van der Waals surface area contributed by atoms with Gasteiger partial charge in [-0.25, -0.2) is 9.78 Å². The third kappa shape index (κ3) is 3.77. The fraction of sp³-hybridized carbons (Fsp3) is 0.316. The number of rotatable bonds is 6. The molecule has 0 saturated heterocycles. The molecule has 0 atom stereocenters. The number of carbonyl (C=O) groups is 1. The van der Waals surface area contributed by atoms with Crippen molar-refractivity contribution in [2.75, 3.05) is 13.2 Å². The number of esters is 1. The number of aliphatic hydroxyl groups excluding tert-OH is 1.